The van der Waals surface area contributed by atoms with Crippen LogP contribution in [0.15, 0.2) is 53.3 Å². The Hall–Kier alpha value is -3.49. The molecule has 0 aliphatic heterocycles. The van der Waals surface area contributed by atoms with Gasteiger partial charge in [-0.05, 0) is 36.4 Å². The van der Waals surface area contributed by atoms with Gasteiger partial charge >= 0.3 is 6.36 Å². The standard InChI is InChI=1S/C18H13F3N2O4/c1-23-13-5-3-2-4-12(13)15(24)14(17(23)26)16(25)22-10-6-8-11(9-7-10)27-18(19,20)21/h2-9,24H,1H3,(H,22,25). The summed E-state index contributed by atoms with van der Waals surface area (Å²) < 4.78 is 41.5. The van der Waals surface area contributed by atoms with Crippen LogP contribution >= 0.6 is 0 Å². The van der Waals surface area contributed by atoms with Gasteiger partial charge in [0.15, 0.2) is 0 Å². The number of benzene rings is 2. The van der Waals surface area contributed by atoms with E-state index in [0.29, 0.717) is 10.9 Å². The van der Waals surface area contributed by atoms with Gasteiger partial charge in [-0.15, -0.1) is 13.2 Å². The average molecular weight is 378 g/mol. The Kier molecular flexibility index (Phi) is 4.52. The van der Waals surface area contributed by atoms with Crippen molar-refractivity contribution in [3.63, 3.8) is 0 Å². The number of aromatic hydroxyl groups is 1. The third kappa shape index (κ3) is 3.71. The summed E-state index contributed by atoms with van der Waals surface area (Å²) >= 11 is 0. The van der Waals surface area contributed by atoms with Crippen molar-refractivity contribution in [1.82, 2.24) is 4.57 Å². The van der Waals surface area contributed by atoms with Crippen molar-refractivity contribution in [3.8, 4) is 11.5 Å². The molecule has 0 unspecified atom stereocenters. The Bertz CT molecular complexity index is 1070. The van der Waals surface area contributed by atoms with Gasteiger partial charge in [0.05, 0.1) is 5.52 Å². The second kappa shape index (κ2) is 6.67. The molecule has 1 aromatic heterocycles. The molecule has 3 rings (SSSR count). The number of alkyl halides is 3. The molecule has 6 nitrogen and oxygen atoms in total. The van der Waals surface area contributed by atoms with E-state index in [1.165, 1.54) is 23.7 Å². The second-order valence-electron chi connectivity index (χ2n) is 5.63. The van der Waals surface area contributed by atoms with E-state index in [9.17, 15) is 27.9 Å². The molecule has 0 saturated heterocycles. The van der Waals surface area contributed by atoms with Gasteiger partial charge in [0.1, 0.15) is 17.1 Å². The van der Waals surface area contributed by atoms with E-state index >= 15 is 0 Å². The van der Waals surface area contributed by atoms with Crippen molar-refractivity contribution in [1.29, 1.82) is 0 Å². The average Bonchev–Trinajstić information content (AvgIpc) is 2.60. The minimum atomic E-state index is -4.83. The summed E-state index contributed by atoms with van der Waals surface area (Å²) in [5, 5.41) is 13.0. The summed E-state index contributed by atoms with van der Waals surface area (Å²) in [6, 6.07) is 10.9. The topological polar surface area (TPSA) is 80.6 Å². The number of carbonyl (C=O) groups is 1. The molecule has 0 aliphatic carbocycles. The summed E-state index contributed by atoms with van der Waals surface area (Å²) in [6.07, 6.45) is -4.83. The third-order valence-corrected chi connectivity index (χ3v) is 3.85. The predicted molar refractivity (Wildman–Crippen MR) is 91.9 cm³/mol. The fourth-order valence-corrected chi connectivity index (χ4v) is 2.62. The molecule has 1 heterocycles. The lowest BCUT2D eigenvalue weighted by atomic mass is 10.1. The highest BCUT2D eigenvalue weighted by molar-refractivity contribution is 6.09. The van der Waals surface area contributed by atoms with Crippen molar-refractivity contribution in [2.24, 2.45) is 7.05 Å². The minimum absolute atomic E-state index is 0.129. The number of para-hydroxylation sites is 1. The molecule has 9 heteroatoms. The largest absolute Gasteiger partial charge is 0.573 e. The molecule has 0 saturated carbocycles. The van der Waals surface area contributed by atoms with Crippen molar-refractivity contribution in [3.05, 3.63) is 64.4 Å². The van der Waals surface area contributed by atoms with Gasteiger partial charge in [0.2, 0.25) is 0 Å². The van der Waals surface area contributed by atoms with Crippen LogP contribution in [0.2, 0.25) is 0 Å². The van der Waals surface area contributed by atoms with E-state index in [2.05, 4.69) is 10.1 Å². The van der Waals surface area contributed by atoms with Crippen molar-refractivity contribution < 1.29 is 27.8 Å². The molecule has 1 amide bonds. The molecule has 2 aromatic carbocycles. The first kappa shape index (κ1) is 18.3. The molecule has 0 atom stereocenters. The van der Waals surface area contributed by atoms with Gasteiger partial charge in [-0.2, -0.15) is 0 Å². The van der Waals surface area contributed by atoms with E-state index in [1.54, 1.807) is 24.3 Å². The SMILES string of the molecule is Cn1c(=O)c(C(=O)Nc2ccc(OC(F)(F)F)cc2)c(O)c2ccccc21. The Morgan fingerprint density at radius 3 is 2.37 bits per heavy atom. The summed E-state index contributed by atoms with van der Waals surface area (Å²) in [5.74, 6) is -1.81. The summed E-state index contributed by atoms with van der Waals surface area (Å²) in [6.45, 7) is 0. The monoisotopic (exact) mass is 378 g/mol. The van der Waals surface area contributed by atoms with Crippen LogP contribution in [0, 0.1) is 0 Å². The van der Waals surface area contributed by atoms with Crippen molar-refractivity contribution >= 4 is 22.5 Å². The molecule has 27 heavy (non-hydrogen) atoms. The molecule has 0 bridgehead atoms. The highest BCUT2D eigenvalue weighted by Gasteiger charge is 2.31. The predicted octanol–water partition coefficient (Wildman–Crippen LogP) is 3.40. The molecular weight excluding hydrogens is 365 g/mol. The maximum Gasteiger partial charge on any atom is 0.573 e. The van der Waals surface area contributed by atoms with Crippen molar-refractivity contribution in [2.75, 3.05) is 5.32 Å². The zero-order chi connectivity index (χ0) is 19.8. The van der Waals surface area contributed by atoms with Crippen molar-refractivity contribution in [2.45, 2.75) is 6.36 Å². The lowest BCUT2D eigenvalue weighted by molar-refractivity contribution is -0.274. The van der Waals surface area contributed by atoms with Crippen LogP contribution in [-0.4, -0.2) is 21.9 Å². The number of halogens is 3. The maximum atomic E-state index is 12.5. The Balaban J connectivity index is 1.92. The number of amides is 1. The molecule has 0 radical (unpaired) electrons. The highest BCUT2D eigenvalue weighted by atomic mass is 19.4. The number of nitrogens with one attached hydrogen (secondary N) is 1. The fraction of sp³-hybridized carbons (Fsp3) is 0.111. The normalized spacial score (nSPS) is 11.4. The molecule has 0 fully saturated rings. The second-order valence-corrected chi connectivity index (χ2v) is 5.63. The first-order valence-corrected chi connectivity index (χ1v) is 7.65. The molecule has 0 spiro atoms. The number of ether oxygens (including phenoxy) is 1. The van der Waals surface area contributed by atoms with E-state index in [1.807, 2.05) is 0 Å². The van der Waals surface area contributed by atoms with Crippen LogP contribution in [0.1, 0.15) is 10.4 Å². The molecule has 3 aromatic rings. The number of fused-ring (bicyclic) bond motifs is 1. The zero-order valence-corrected chi connectivity index (χ0v) is 13.9. The lowest BCUT2D eigenvalue weighted by Crippen LogP contribution is -2.28. The van der Waals surface area contributed by atoms with Gasteiger partial charge < -0.3 is 19.7 Å². The van der Waals surface area contributed by atoms with Crippen LogP contribution in [0.5, 0.6) is 11.5 Å². The molecular formula is C18H13F3N2O4. The van der Waals surface area contributed by atoms with Crippen LogP contribution in [0.25, 0.3) is 10.9 Å². The lowest BCUT2D eigenvalue weighted by Gasteiger charge is -2.12. The zero-order valence-electron chi connectivity index (χ0n) is 13.9. The van der Waals surface area contributed by atoms with Crippen LogP contribution in [0.3, 0.4) is 0 Å². The highest BCUT2D eigenvalue weighted by Crippen LogP contribution is 2.27. The molecule has 140 valence electrons. The number of nitrogens with zero attached hydrogens (tertiary/aromatic N) is 1. The van der Waals surface area contributed by atoms with E-state index in [4.69, 9.17) is 0 Å². The number of pyridine rings is 1. The maximum absolute atomic E-state index is 12.5. The quantitative estimate of drug-likeness (QED) is 0.732. The van der Waals surface area contributed by atoms with Gasteiger partial charge in [-0.25, -0.2) is 0 Å². The van der Waals surface area contributed by atoms with E-state index in [-0.39, 0.29) is 5.69 Å². The van der Waals surface area contributed by atoms with Crippen LogP contribution in [0.4, 0.5) is 18.9 Å². The van der Waals surface area contributed by atoms with Gasteiger partial charge in [-0.1, -0.05) is 12.1 Å². The van der Waals surface area contributed by atoms with Gasteiger partial charge in [0, 0.05) is 18.1 Å². The Morgan fingerprint density at radius 2 is 1.74 bits per heavy atom. The number of anilines is 1. The summed E-state index contributed by atoms with van der Waals surface area (Å²) in [4.78, 5) is 24.9. The van der Waals surface area contributed by atoms with Gasteiger partial charge in [-0.3, -0.25) is 9.59 Å². The Labute approximate surface area is 150 Å². The number of hydrogen-bond acceptors (Lipinski definition) is 4. The van der Waals surface area contributed by atoms with E-state index < -0.39 is 34.9 Å². The number of aryl methyl sites for hydroxylation is 1. The minimum Gasteiger partial charge on any atom is -0.506 e. The van der Waals surface area contributed by atoms with E-state index in [0.717, 1.165) is 12.1 Å². The summed E-state index contributed by atoms with van der Waals surface area (Å²) in [5.41, 5.74) is -0.595. The fourth-order valence-electron chi connectivity index (χ4n) is 2.62. The summed E-state index contributed by atoms with van der Waals surface area (Å²) in [7, 11) is 1.46. The van der Waals surface area contributed by atoms with Gasteiger partial charge in [0.25, 0.3) is 11.5 Å². The Morgan fingerprint density at radius 1 is 1.11 bits per heavy atom. The van der Waals surface area contributed by atoms with Crippen LogP contribution < -0.4 is 15.6 Å². The first-order chi connectivity index (χ1) is 12.7. The first-order valence-electron chi connectivity index (χ1n) is 7.65. The third-order valence-electron chi connectivity index (χ3n) is 3.85. The smallest absolute Gasteiger partial charge is 0.506 e. The van der Waals surface area contributed by atoms with Crippen LogP contribution in [-0.2, 0) is 7.05 Å². The number of rotatable bonds is 3. The number of carbonyl (C=O) groups excluding carboxylic acids is 1. The molecule has 0 aliphatic rings. The molecule has 2 N–H and O–H groups in total. The number of aromatic nitrogens is 1. The number of hydrogen-bond donors (Lipinski definition) is 2.